The van der Waals surface area contributed by atoms with Gasteiger partial charge in [0.05, 0.1) is 14.2 Å². The lowest BCUT2D eigenvalue weighted by Crippen LogP contribution is -2.42. The van der Waals surface area contributed by atoms with Crippen molar-refractivity contribution in [2.45, 2.75) is 16.7 Å². The third-order valence-electron chi connectivity index (χ3n) is 4.73. The molecule has 2 aromatic carbocycles. The summed E-state index contributed by atoms with van der Waals surface area (Å²) in [6, 6.07) is 6.31. The summed E-state index contributed by atoms with van der Waals surface area (Å²) in [5, 5.41) is 0. The highest BCUT2D eigenvalue weighted by atomic mass is 32.5. The molecule has 0 saturated heterocycles. The van der Waals surface area contributed by atoms with Gasteiger partial charge in [0.2, 0.25) is 0 Å². The third-order valence-corrected chi connectivity index (χ3v) is 5.89. The van der Waals surface area contributed by atoms with Crippen molar-refractivity contribution in [2.75, 3.05) is 14.2 Å². The number of ether oxygens (including phenoxy) is 2. The number of Topliss-reactive ketones (excluding diaryl/α,β-unsaturated/α-hetero) is 1. The van der Waals surface area contributed by atoms with Crippen LogP contribution in [0.5, 0.6) is 5.75 Å². The number of rotatable bonds is 4. The van der Waals surface area contributed by atoms with Gasteiger partial charge in [-0.1, -0.05) is 37.6 Å². The second kappa shape index (κ2) is 5.47. The van der Waals surface area contributed by atoms with Gasteiger partial charge in [0, 0.05) is 12.0 Å². The number of halogens is 5. The Morgan fingerprint density at radius 1 is 1.00 bits per heavy atom. The second-order valence-corrected chi connectivity index (χ2v) is 8.83. The van der Waals surface area contributed by atoms with E-state index in [1.165, 1.54) is 13.2 Å². The smallest absolute Gasteiger partial charge is 0.324 e. The van der Waals surface area contributed by atoms with Crippen molar-refractivity contribution in [3.8, 4) is 5.75 Å². The van der Waals surface area contributed by atoms with Gasteiger partial charge < -0.3 is 9.47 Å². The van der Waals surface area contributed by atoms with E-state index < -0.39 is 32.3 Å². The molecule has 152 valence electrons. The Bertz CT molecular complexity index is 986. The second-order valence-electron chi connectivity index (χ2n) is 6.42. The summed E-state index contributed by atoms with van der Waals surface area (Å²) < 4.78 is 74.7. The average Bonchev–Trinajstić information content (AvgIpc) is 2.92. The zero-order valence-electron chi connectivity index (χ0n) is 14.7. The molecule has 0 fully saturated rings. The van der Waals surface area contributed by atoms with Crippen LogP contribution in [0.25, 0.3) is 0 Å². The van der Waals surface area contributed by atoms with Gasteiger partial charge in [-0.05, 0) is 35.4 Å². The Labute approximate surface area is 157 Å². The molecule has 0 radical (unpaired) electrons. The largest absolute Gasteiger partial charge is 0.497 e. The molecule has 1 aliphatic carbocycles. The van der Waals surface area contributed by atoms with Crippen LogP contribution in [0.4, 0.5) is 19.4 Å². The van der Waals surface area contributed by atoms with Crippen molar-refractivity contribution in [1.82, 2.24) is 0 Å². The Morgan fingerprint density at radius 3 is 2.11 bits per heavy atom. The third kappa shape index (κ3) is 3.11. The van der Waals surface area contributed by atoms with E-state index in [1.54, 1.807) is 12.1 Å². The molecule has 10 heteroatoms. The van der Waals surface area contributed by atoms with E-state index in [0.717, 1.165) is 7.11 Å². The maximum Gasteiger partial charge on any atom is 0.324 e. The first-order chi connectivity index (χ1) is 12.7. The fourth-order valence-electron chi connectivity index (χ4n) is 3.33. The van der Waals surface area contributed by atoms with Crippen LogP contribution in [-0.2, 0) is 21.4 Å². The summed E-state index contributed by atoms with van der Waals surface area (Å²) in [5.41, 5.74) is -1.50. The van der Waals surface area contributed by atoms with Gasteiger partial charge in [-0.15, -0.1) is 0 Å². The summed E-state index contributed by atoms with van der Waals surface area (Å²) in [5.74, 6) is -1.34. The van der Waals surface area contributed by atoms with Crippen LogP contribution < -0.4 is 4.74 Å². The Morgan fingerprint density at radius 2 is 1.61 bits per heavy atom. The lowest BCUT2D eigenvalue weighted by Gasteiger charge is -2.40. The van der Waals surface area contributed by atoms with Crippen LogP contribution in [0, 0.1) is 0 Å². The number of methoxy groups -OCH3 is 2. The first kappa shape index (κ1) is 20.1. The molecule has 0 N–H and O–H groups in total. The van der Waals surface area contributed by atoms with Crippen LogP contribution in [-0.4, -0.2) is 26.0 Å². The van der Waals surface area contributed by atoms with Crippen LogP contribution in [0.2, 0.25) is 0 Å². The molecule has 0 bridgehead atoms. The Balaban J connectivity index is 2.16. The average molecular weight is 422 g/mol. The minimum atomic E-state index is -9.88. The standard InChI is InChI=1S/C18H15F5O4S/c1-26-13-6-3-11-10-18(17(25)27-2,16(24)15(11)9-13)12-4-7-14(8-5-12)28(19,20,21,22)23/h3-9H,10H2,1-2H3. The molecule has 1 aliphatic rings. The number of hydrogen-bond donors (Lipinski definition) is 0. The van der Waals surface area contributed by atoms with Crippen molar-refractivity contribution < 1.29 is 38.5 Å². The van der Waals surface area contributed by atoms with Crippen LogP contribution in [0.1, 0.15) is 21.5 Å². The molecule has 0 amide bonds. The fourth-order valence-corrected chi connectivity index (χ4v) is 3.98. The van der Waals surface area contributed by atoms with Crippen molar-refractivity contribution in [2.24, 2.45) is 0 Å². The molecule has 28 heavy (non-hydrogen) atoms. The molecule has 0 aromatic heterocycles. The Hall–Kier alpha value is -2.62. The van der Waals surface area contributed by atoms with Gasteiger partial charge in [-0.3, -0.25) is 9.59 Å². The summed E-state index contributed by atoms with van der Waals surface area (Å²) in [6.45, 7) is 0. The molecular weight excluding hydrogens is 407 g/mol. The van der Waals surface area contributed by atoms with Crippen molar-refractivity contribution in [3.05, 3.63) is 59.2 Å². The minimum absolute atomic E-state index is 0.154. The molecule has 1 atom stereocenters. The molecular formula is C18H15F5O4S. The van der Waals surface area contributed by atoms with E-state index in [2.05, 4.69) is 0 Å². The molecule has 0 saturated carbocycles. The predicted molar refractivity (Wildman–Crippen MR) is 92.6 cm³/mol. The van der Waals surface area contributed by atoms with E-state index in [-0.39, 0.29) is 29.7 Å². The van der Waals surface area contributed by atoms with Crippen LogP contribution in [0.15, 0.2) is 47.4 Å². The number of carbonyl (C=O) groups excluding carboxylic acids is 2. The molecule has 4 nitrogen and oxygen atoms in total. The molecule has 3 rings (SSSR count). The van der Waals surface area contributed by atoms with Crippen LogP contribution >= 0.6 is 10.2 Å². The molecule has 1 unspecified atom stereocenters. The number of fused-ring (bicyclic) bond motifs is 1. The van der Waals surface area contributed by atoms with Crippen molar-refractivity contribution >= 4 is 22.0 Å². The minimum Gasteiger partial charge on any atom is -0.497 e. The van der Waals surface area contributed by atoms with Gasteiger partial charge in [-0.2, -0.15) is 0 Å². The van der Waals surface area contributed by atoms with Gasteiger partial charge in [0.15, 0.2) is 11.2 Å². The quantitative estimate of drug-likeness (QED) is 0.386. The number of esters is 1. The zero-order chi connectivity index (χ0) is 21.0. The Kier molecular flexibility index (Phi) is 3.93. The molecule has 2 aromatic rings. The predicted octanol–water partition coefficient (Wildman–Crippen LogP) is 5.20. The summed E-state index contributed by atoms with van der Waals surface area (Å²) in [6.07, 6.45) is -0.173. The zero-order valence-corrected chi connectivity index (χ0v) is 15.5. The maximum absolute atomic E-state index is 13.1. The fraction of sp³-hybridized carbons (Fsp3) is 0.222. The molecule has 0 heterocycles. The van der Waals surface area contributed by atoms with E-state index >= 15 is 0 Å². The topological polar surface area (TPSA) is 52.6 Å². The lowest BCUT2D eigenvalue weighted by atomic mass is 9.77. The molecule has 0 spiro atoms. The highest BCUT2D eigenvalue weighted by molar-refractivity contribution is 8.45. The number of hydrogen-bond acceptors (Lipinski definition) is 4. The highest BCUT2D eigenvalue weighted by Crippen LogP contribution is 3.02. The molecule has 0 aliphatic heterocycles. The van der Waals surface area contributed by atoms with E-state index in [4.69, 9.17) is 9.47 Å². The number of benzene rings is 2. The SMILES string of the molecule is COC(=O)C1(c2ccc(S(F)(F)(F)(F)F)cc2)Cc2ccc(OC)cc2C1=O. The van der Waals surface area contributed by atoms with Crippen LogP contribution in [0.3, 0.4) is 0 Å². The van der Waals surface area contributed by atoms with Gasteiger partial charge in [-0.25, -0.2) is 0 Å². The number of ketones is 1. The monoisotopic (exact) mass is 422 g/mol. The van der Waals surface area contributed by atoms with Gasteiger partial charge >= 0.3 is 16.2 Å². The van der Waals surface area contributed by atoms with Crippen molar-refractivity contribution in [3.63, 3.8) is 0 Å². The highest BCUT2D eigenvalue weighted by Gasteiger charge is 2.65. The lowest BCUT2D eigenvalue weighted by molar-refractivity contribution is -0.145. The van der Waals surface area contributed by atoms with Crippen molar-refractivity contribution in [1.29, 1.82) is 0 Å². The first-order valence-electron chi connectivity index (χ1n) is 7.88. The normalized spacial score (nSPS) is 21.5. The summed E-state index contributed by atoms with van der Waals surface area (Å²) in [7, 11) is -7.47. The summed E-state index contributed by atoms with van der Waals surface area (Å²) in [4.78, 5) is 23.5. The number of carbonyl (C=O) groups is 2. The van der Waals surface area contributed by atoms with E-state index in [9.17, 15) is 29.0 Å². The van der Waals surface area contributed by atoms with E-state index in [1.807, 2.05) is 0 Å². The van der Waals surface area contributed by atoms with Gasteiger partial charge in [0.1, 0.15) is 10.6 Å². The summed E-state index contributed by atoms with van der Waals surface area (Å²) >= 11 is 0. The van der Waals surface area contributed by atoms with Gasteiger partial charge in [0.25, 0.3) is 0 Å². The maximum atomic E-state index is 13.1. The first-order valence-corrected chi connectivity index (χ1v) is 9.83. The van der Waals surface area contributed by atoms with E-state index in [0.29, 0.717) is 23.4 Å².